The molecule has 1 saturated carbocycles. The standard InChI is InChI=1S/C13H16F6O5/c1-2-10(5-3-4-6-10)24-8(20)7-23-9(21)11(22,12(14,15)16)13(17,18)19/h22H,2-7H2,1H3. The molecule has 0 amide bonds. The first kappa shape index (κ1) is 20.5. The molecular weight excluding hydrogens is 350 g/mol. The maximum Gasteiger partial charge on any atom is 0.437 e. The molecule has 1 rings (SSSR count). The largest absolute Gasteiger partial charge is 0.457 e. The van der Waals surface area contributed by atoms with E-state index in [1.54, 1.807) is 6.92 Å². The lowest BCUT2D eigenvalue weighted by molar-refractivity contribution is -0.356. The van der Waals surface area contributed by atoms with Crippen molar-refractivity contribution in [1.29, 1.82) is 0 Å². The summed E-state index contributed by atoms with van der Waals surface area (Å²) in [5.74, 6) is -4.31. The van der Waals surface area contributed by atoms with E-state index in [0.29, 0.717) is 19.3 Å². The van der Waals surface area contributed by atoms with Crippen LogP contribution in [-0.2, 0) is 19.1 Å². The summed E-state index contributed by atoms with van der Waals surface area (Å²) in [6.45, 7) is 0.242. The predicted molar refractivity (Wildman–Crippen MR) is 65.6 cm³/mol. The predicted octanol–water partition coefficient (Wildman–Crippen LogP) is 2.65. The lowest BCUT2D eigenvalue weighted by atomic mass is 9.99. The van der Waals surface area contributed by atoms with Gasteiger partial charge in [-0.2, -0.15) is 26.3 Å². The normalized spacial score (nSPS) is 18.3. The van der Waals surface area contributed by atoms with Gasteiger partial charge in [0, 0.05) is 0 Å². The third-order valence-corrected chi connectivity index (χ3v) is 3.93. The molecule has 1 N–H and O–H groups in total. The fraction of sp³-hybridized carbons (Fsp3) is 0.846. The van der Waals surface area contributed by atoms with E-state index < -0.39 is 42.1 Å². The monoisotopic (exact) mass is 366 g/mol. The van der Waals surface area contributed by atoms with Gasteiger partial charge in [-0.05, 0) is 32.1 Å². The fourth-order valence-corrected chi connectivity index (χ4v) is 2.44. The summed E-state index contributed by atoms with van der Waals surface area (Å²) in [6.07, 6.45) is -9.81. The van der Waals surface area contributed by atoms with Gasteiger partial charge in [-0.25, -0.2) is 9.59 Å². The molecule has 0 aromatic carbocycles. The van der Waals surface area contributed by atoms with Crippen molar-refractivity contribution in [2.75, 3.05) is 6.61 Å². The number of hydrogen-bond donors (Lipinski definition) is 1. The van der Waals surface area contributed by atoms with E-state index in [4.69, 9.17) is 9.84 Å². The maximum atomic E-state index is 12.4. The minimum atomic E-state index is -6.36. The van der Waals surface area contributed by atoms with E-state index in [2.05, 4.69) is 4.74 Å². The number of hydrogen-bond acceptors (Lipinski definition) is 5. The van der Waals surface area contributed by atoms with Gasteiger partial charge in [0.05, 0.1) is 0 Å². The first-order chi connectivity index (χ1) is 10.8. The number of carbonyl (C=O) groups excluding carboxylic acids is 2. The summed E-state index contributed by atoms with van der Waals surface area (Å²) >= 11 is 0. The molecule has 0 aliphatic heterocycles. The molecule has 1 aliphatic rings. The Morgan fingerprint density at radius 2 is 1.50 bits per heavy atom. The lowest BCUT2D eigenvalue weighted by Gasteiger charge is -2.30. The van der Waals surface area contributed by atoms with Gasteiger partial charge in [0.1, 0.15) is 5.60 Å². The van der Waals surface area contributed by atoms with Crippen LogP contribution < -0.4 is 0 Å². The summed E-state index contributed by atoms with van der Waals surface area (Å²) in [7, 11) is 0. The molecule has 11 heteroatoms. The maximum absolute atomic E-state index is 12.4. The van der Waals surface area contributed by atoms with E-state index in [-0.39, 0.29) is 0 Å². The Bertz CT molecular complexity index is 464. The quantitative estimate of drug-likeness (QED) is 0.598. The average Bonchev–Trinajstić information content (AvgIpc) is 2.90. The topological polar surface area (TPSA) is 72.8 Å². The second kappa shape index (κ2) is 6.77. The second-order valence-electron chi connectivity index (χ2n) is 5.50. The van der Waals surface area contributed by atoms with Crippen LogP contribution in [0.5, 0.6) is 0 Å². The molecular formula is C13H16F6O5. The first-order valence-electron chi connectivity index (χ1n) is 7.04. The van der Waals surface area contributed by atoms with Gasteiger partial charge in [0.2, 0.25) is 0 Å². The van der Waals surface area contributed by atoms with E-state index in [1.165, 1.54) is 0 Å². The Labute approximate surface area is 132 Å². The van der Waals surface area contributed by atoms with Crippen molar-refractivity contribution in [2.45, 2.75) is 62.6 Å². The second-order valence-corrected chi connectivity index (χ2v) is 5.50. The summed E-state index contributed by atoms with van der Waals surface area (Å²) in [4.78, 5) is 22.7. The zero-order valence-corrected chi connectivity index (χ0v) is 12.6. The summed E-state index contributed by atoms with van der Waals surface area (Å²) in [5, 5.41) is 8.77. The highest BCUT2D eigenvalue weighted by Crippen LogP contribution is 2.44. The molecule has 0 saturated heterocycles. The summed E-state index contributed by atoms with van der Waals surface area (Å²) in [6, 6.07) is 0. The Hall–Kier alpha value is -1.52. The van der Waals surface area contributed by atoms with Crippen molar-refractivity contribution in [1.82, 2.24) is 0 Å². The fourth-order valence-electron chi connectivity index (χ4n) is 2.44. The highest BCUT2D eigenvalue weighted by atomic mass is 19.4. The molecule has 1 aliphatic carbocycles. The zero-order valence-electron chi connectivity index (χ0n) is 12.6. The van der Waals surface area contributed by atoms with Crippen LogP contribution in [0.3, 0.4) is 0 Å². The molecule has 0 heterocycles. The zero-order chi connectivity index (χ0) is 18.8. The van der Waals surface area contributed by atoms with Crippen molar-refractivity contribution in [2.24, 2.45) is 0 Å². The van der Waals surface area contributed by atoms with Crippen LogP contribution in [0, 0.1) is 0 Å². The molecule has 0 radical (unpaired) electrons. The Morgan fingerprint density at radius 1 is 1.04 bits per heavy atom. The van der Waals surface area contributed by atoms with Gasteiger partial charge in [0.25, 0.3) is 0 Å². The highest BCUT2D eigenvalue weighted by molar-refractivity contribution is 5.84. The van der Waals surface area contributed by atoms with Crippen molar-refractivity contribution in [3.8, 4) is 0 Å². The van der Waals surface area contributed by atoms with Gasteiger partial charge >= 0.3 is 29.9 Å². The molecule has 0 atom stereocenters. The number of rotatable bonds is 5. The summed E-state index contributed by atoms with van der Waals surface area (Å²) in [5.41, 5.74) is -6.57. The number of esters is 2. The van der Waals surface area contributed by atoms with Crippen molar-refractivity contribution < 1.29 is 50.5 Å². The van der Waals surface area contributed by atoms with Crippen LogP contribution in [0.4, 0.5) is 26.3 Å². The first-order valence-corrected chi connectivity index (χ1v) is 7.04. The third kappa shape index (κ3) is 3.93. The lowest BCUT2D eigenvalue weighted by Crippen LogP contribution is -2.63. The Morgan fingerprint density at radius 3 is 1.88 bits per heavy atom. The van der Waals surface area contributed by atoms with E-state index in [1.807, 2.05) is 0 Å². The highest BCUT2D eigenvalue weighted by Gasteiger charge is 2.76. The molecule has 0 unspecified atom stereocenters. The van der Waals surface area contributed by atoms with Gasteiger partial charge in [0.15, 0.2) is 6.61 Å². The molecule has 24 heavy (non-hydrogen) atoms. The van der Waals surface area contributed by atoms with Crippen molar-refractivity contribution >= 4 is 11.9 Å². The van der Waals surface area contributed by atoms with Crippen molar-refractivity contribution in [3.63, 3.8) is 0 Å². The van der Waals surface area contributed by atoms with Crippen LogP contribution in [0.15, 0.2) is 0 Å². The third-order valence-electron chi connectivity index (χ3n) is 3.93. The number of aliphatic hydroxyl groups is 1. The van der Waals surface area contributed by atoms with Gasteiger partial charge < -0.3 is 14.6 Å². The van der Waals surface area contributed by atoms with Crippen LogP contribution in [0.1, 0.15) is 39.0 Å². The number of carbonyl (C=O) groups is 2. The van der Waals surface area contributed by atoms with E-state index in [9.17, 15) is 35.9 Å². The number of halogens is 6. The minimum absolute atomic E-state index is 0.404. The van der Waals surface area contributed by atoms with E-state index >= 15 is 0 Å². The molecule has 0 bridgehead atoms. The van der Waals surface area contributed by atoms with Gasteiger partial charge in [-0.15, -0.1) is 0 Å². The van der Waals surface area contributed by atoms with Crippen molar-refractivity contribution in [3.05, 3.63) is 0 Å². The van der Waals surface area contributed by atoms with Gasteiger partial charge in [-0.1, -0.05) is 6.92 Å². The molecule has 0 aromatic heterocycles. The van der Waals surface area contributed by atoms with Crippen LogP contribution in [0.25, 0.3) is 0 Å². The molecule has 0 spiro atoms. The smallest absolute Gasteiger partial charge is 0.437 e. The Kier molecular flexibility index (Phi) is 5.79. The van der Waals surface area contributed by atoms with Crippen LogP contribution in [-0.4, -0.2) is 47.2 Å². The van der Waals surface area contributed by atoms with Crippen LogP contribution >= 0.6 is 0 Å². The Balaban J connectivity index is 2.75. The molecule has 0 aromatic rings. The van der Waals surface area contributed by atoms with E-state index in [0.717, 1.165) is 12.8 Å². The van der Waals surface area contributed by atoms with Crippen LogP contribution in [0.2, 0.25) is 0 Å². The molecule has 1 fully saturated rings. The van der Waals surface area contributed by atoms with Gasteiger partial charge in [-0.3, -0.25) is 0 Å². The summed E-state index contributed by atoms with van der Waals surface area (Å²) < 4.78 is 83.3. The minimum Gasteiger partial charge on any atom is -0.457 e. The SMILES string of the molecule is CCC1(OC(=O)COC(=O)C(O)(C(F)(F)F)C(F)(F)F)CCCC1. The number of alkyl halides is 6. The molecule has 5 nitrogen and oxygen atoms in total. The average molecular weight is 366 g/mol. The number of ether oxygens (including phenoxy) is 2. The molecule has 140 valence electrons.